The molecule has 0 aromatic rings. The van der Waals surface area contributed by atoms with Gasteiger partial charge in [-0.3, -0.25) is 14.5 Å². The van der Waals surface area contributed by atoms with Crippen molar-refractivity contribution in [3.8, 4) is 0 Å². The number of carbonyl (C=O) groups excluding carboxylic acids is 1. The zero-order chi connectivity index (χ0) is 12.8. The molecule has 0 aliphatic carbocycles. The van der Waals surface area contributed by atoms with Gasteiger partial charge in [0, 0.05) is 5.54 Å². The van der Waals surface area contributed by atoms with Gasteiger partial charge in [0.1, 0.15) is 0 Å². The van der Waals surface area contributed by atoms with Gasteiger partial charge in [0.15, 0.2) is 0 Å². The maximum Gasteiger partial charge on any atom is 0.317 e. The molecule has 0 saturated carbocycles. The summed E-state index contributed by atoms with van der Waals surface area (Å²) in [4.78, 5) is 23.8. The molecule has 0 heterocycles. The summed E-state index contributed by atoms with van der Waals surface area (Å²) in [5, 5.41) is 11.5. The van der Waals surface area contributed by atoms with Gasteiger partial charge in [-0.05, 0) is 33.7 Å². The van der Waals surface area contributed by atoms with E-state index in [9.17, 15) is 9.59 Å². The fourth-order valence-corrected chi connectivity index (χ4v) is 1.38. The average Bonchev–Trinajstić information content (AvgIpc) is 1.98. The fourth-order valence-electron chi connectivity index (χ4n) is 1.38. The molecule has 0 aromatic heterocycles. The van der Waals surface area contributed by atoms with Crippen LogP contribution in [0.2, 0.25) is 0 Å². The van der Waals surface area contributed by atoms with Gasteiger partial charge in [0.2, 0.25) is 5.91 Å². The number of carboxylic acids is 1. The Bertz CT molecular complexity index is 252. The van der Waals surface area contributed by atoms with E-state index in [-0.39, 0.29) is 36.9 Å². The number of rotatable bonds is 6. The number of carboxylic acid groups (broad SMARTS) is 1. The zero-order valence-corrected chi connectivity index (χ0v) is 11.8. The number of hydrogen-bond donors (Lipinski definition) is 2. The molecule has 0 spiro atoms. The molecule has 0 aliphatic heterocycles. The summed E-state index contributed by atoms with van der Waals surface area (Å²) in [5.41, 5.74) is -0.280. The number of aliphatic carboxylic acids is 1. The number of nitrogens with zero attached hydrogens (tertiary/aromatic N) is 1. The Morgan fingerprint density at radius 2 is 1.76 bits per heavy atom. The topological polar surface area (TPSA) is 69.6 Å². The van der Waals surface area contributed by atoms with Crippen LogP contribution in [-0.2, 0) is 9.59 Å². The van der Waals surface area contributed by atoms with Crippen molar-refractivity contribution in [2.24, 2.45) is 0 Å². The van der Waals surface area contributed by atoms with Gasteiger partial charge in [-0.2, -0.15) is 0 Å². The number of carbonyl (C=O) groups is 2. The van der Waals surface area contributed by atoms with E-state index in [1.54, 1.807) is 4.90 Å². The van der Waals surface area contributed by atoms with Crippen LogP contribution >= 0.6 is 12.4 Å². The molecule has 0 rings (SSSR count). The minimum absolute atomic E-state index is 0. The quantitative estimate of drug-likeness (QED) is 0.756. The highest BCUT2D eigenvalue weighted by molar-refractivity contribution is 5.85. The van der Waals surface area contributed by atoms with Crippen molar-refractivity contribution in [2.45, 2.75) is 39.7 Å². The van der Waals surface area contributed by atoms with Crippen LogP contribution in [0.25, 0.3) is 0 Å². The second kappa shape index (κ2) is 8.31. The summed E-state index contributed by atoms with van der Waals surface area (Å²) < 4.78 is 0. The molecule has 6 heteroatoms. The van der Waals surface area contributed by atoms with Crippen LogP contribution in [0.4, 0.5) is 0 Å². The van der Waals surface area contributed by atoms with Crippen molar-refractivity contribution in [1.82, 2.24) is 10.2 Å². The fraction of sp³-hybridized carbons (Fsp3) is 0.818. The third kappa shape index (κ3) is 11.5. The Morgan fingerprint density at radius 3 is 2.12 bits per heavy atom. The van der Waals surface area contributed by atoms with Crippen molar-refractivity contribution in [3.63, 3.8) is 0 Å². The van der Waals surface area contributed by atoms with Crippen LogP contribution in [0.3, 0.4) is 0 Å². The van der Waals surface area contributed by atoms with Gasteiger partial charge in [-0.1, -0.05) is 6.92 Å². The molecule has 0 aromatic carbocycles. The molecule has 2 N–H and O–H groups in total. The average molecular weight is 267 g/mol. The van der Waals surface area contributed by atoms with E-state index in [4.69, 9.17) is 5.11 Å². The summed E-state index contributed by atoms with van der Waals surface area (Å²) in [6, 6.07) is 0. The van der Waals surface area contributed by atoms with E-state index < -0.39 is 5.97 Å². The number of halogens is 1. The zero-order valence-electron chi connectivity index (χ0n) is 10.9. The van der Waals surface area contributed by atoms with E-state index in [1.165, 1.54) is 0 Å². The Labute approximate surface area is 109 Å². The SMILES string of the molecule is CCCN(CC(=O)O)CC(=O)NC(C)(C)C.Cl. The van der Waals surface area contributed by atoms with E-state index >= 15 is 0 Å². The highest BCUT2D eigenvalue weighted by atomic mass is 35.5. The molecule has 102 valence electrons. The summed E-state index contributed by atoms with van der Waals surface area (Å²) in [7, 11) is 0. The lowest BCUT2D eigenvalue weighted by atomic mass is 10.1. The number of nitrogens with one attached hydrogen (secondary N) is 1. The first-order chi connectivity index (χ1) is 7.24. The lowest BCUT2D eigenvalue weighted by molar-refractivity contribution is -0.138. The molecule has 0 unspecified atom stereocenters. The highest BCUT2D eigenvalue weighted by Crippen LogP contribution is 1.99. The van der Waals surface area contributed by atoms with Crippen LogP contribution in [0, 0.1) is 0 Å². The molecule has 0 atom stereocenters. The summed E-state index contributed by atoms with van der Waals surface area (Å²) in [5.74, 6) is -1.04. The van der Waals surface area contributed by atoms with Crippen molar-refractivity contribution < 1.29 is 14.7 Å². The predicted molar refractivity (Wildman–Crippen MR) is 69.5 cm³/mol. The first-order valence-electron chi connectivity index (χ1n) is 5.49. The first kappa shape index (κ1) is 18.6. The molecule has 0 fully saturated rings. The molecule has 5 nitrogen and oxygen atoms in total. The molecule has 0 bridgehead atoms. The van der Waals surface area contributed by atoms with Gasteiger partial charge in [-0.25, -0.2) is 0 Å². The summed E-state index contributed by atoms with van der Waals surface area (Å²) >= 11 is 0. The van der Waals surface area contributed by atoms with Crippen molar-refractivity contribution in [3.05, 3.63) is 0 Å². The lowest BCUT2D eigenvalue weighted by Crippen LogP contribution is -2.47. The molecular formula is C11H23ClN2O3. The van der Waals surface area contributed by atoms with E-state index in [2.05, 4.69) is 5.32 Å². The standard InChI is InChI=1S/C11H22N2O3.ClH/c1-5-6-13(8-10(15)16)7-9(14)12-11(2,3)4;/h5-8H2,1-4H3,(H,12,14)(H,15,16);1H. The highest BCUT2D eigenvalue weighted by Gasteiger charge is 2.17. The summed E-state index contributed by atoms with van der Waals surface area (Å²) in [6.45, 7) is 8.30. The molecule has 0 radical (unpaired) electrons. The minimum Gasteiger partial charge on any atom is -0.480 e. The van der Waals surface area contributed by atoms with Gasteiger partial charge in [0.05, 0.1) is 13.1 Å². The van der Waals surface area contributed by atoms with Gasteiger partial charge in [0.25, 0.3) is 0 Å². The molecule has 1 amide bonds. The van der Waals surface area contributed by atoms with E-state index in [1.807, 2.05) is 27.7 Å². The largest absolute Gasteiger partial charge is 0.480 e. The van der Waals surface area contributed by atoms with Gasteiger partial charge in [-0.15, -0.1) is 12.4 Å². The minimum atomic E-state index is -0.906. The van der Waals surface area contributed by atoms with Gasteiger partial charge >= 0.3 is 5.97 Å². The number of hydrogen-bond acceptors (Lipinski definition) is 3. The van der Waals surface area contributed by atoms with Crippen molar-refractivity contribution >= 4 is 24.3 Å². The second-order valence-electron chi connectivity index (χ2n) is 4.90. The van der Waals surface area contributed by atoms with Crippen LogP contribution in [0.5, 0.6) is 0 Å². The number of amides is 1. The van der Waals surface area contributed by atoms with Crippen molar-refractivity contribution in [1.29, 1.82) is 0 Å². The third-order valence-corrected chi connectivity index (χ3v) is 1.78. The Hall–Kier alpha value is -0.810. The first-order valence-corrected chi connectivity index (χ1v) is 5.49. The summed E-state index contributed by atoms with van der Waals surface area (Å²) in [6.07, 6.45) is 0.829. The molecule has 0 saturated heterocycles. The van der Waals surface area contributed by atoms with Gasteiger partial charge < -0.3 is 10.4 Å². The van der Waals surface area contributed by atoms with Crippen LogP contribution in [0.1, 0.15) is 34.1 Å². The van der Waals surface area contributed by atoms with Crippen LogP contribution < -0.4 is 5.32 Å². The van der Waals surface area contributed by atoms with E-state index in [0.717, 1.165) is 6.42 Å². The maximum absolute atomic E-state index is 11.6. The van der Waals surface area contributed by atoms with Crippen LogP contribution in [-0.4, -0.2) is 47.1 Å². The molecule has 17 heavy (non-hydrogen) atoms. The van der Waals surface area contributed by atoms with E-state index in [0.29, 0.717) is 6.54 Å². The second-order valence-corrected chi connectivity index (χ2v) is 4.90. The monoisotopic (exact) mass is 266 g/mol. The smallest absolute Gasteiger partial charge is 0.317 e. The molecular weight excluding hydrogens is 244 g/mol. The lowest BCUT2D eigenvalue weighted by Gasteiger charge is -2.24. The Kier molecular flexibility index (Phi) is 9.06. The third-order valence-electron chi connectivity index (χ3n) is 1.78. The Morgan fingerprint density at radius 1 is 1.24 bits per heavy atom. The predicted octanol–water partition coefficient (Wildman–Crippen LogP) is 1.12. The Balaban J connectivity index is 0. The normalized spacial score (nSPS) is 10.9. The van der Waals surface area contributed by atoms with Crippen molar-refractivity contribution in [2.75, 3.05) is 19.6 Å². The van der Waals surface area contributed by atoms with Crippen LogP contribution in [0.15, 0.2) is 0 Å². The maximum atomic E-state index is 11.6. The molecule has 0 aliphatic rings.